The summed E-state index contributed by atoms with van der Waals surface area (Å²) in [5, 5.41) is 4.28. The van der Waals surface area contributed by atoms with Crippen LogP contribution in [0.15, 0.2) is 54.9 Å². The van der Waals surface area contributed by atoms with Gasteiger partial charge in [0.1, 0.15) is 5.75 Å². The van der Waals surface area contributed by atoms with Crippen LogP contribution in [0.3, 0.4) is 0 Å². The van der Waals surface area contributed by atoms with Crippen molar-refractivity contribution < 1.29 is 14.3 Å². The molecule has 0 saturated carbocycles. The van der Waals surface area contributed by atoms with Gasteiger partial charge in [0.15, 0.2) is 0 Å². The summed E-state index contributed by atoms with van der Waals surface area (Å²) >= 11 is 0. The minimum atomic E-state index is -0.386. The Kier molecular flexibility index (Phi) is 6.17. The molecule has 0 spiro atoms. The second-order valence-electron chi connectivity index (χ2n) is 8.75. The molecule has 7 nitrogen and oxygen atoms in total. The molecule has 2 N–H and O–H groups in total. The van der Waals surface area contributed by atoms with E-state index in [0.717, 1.165) is 60.0 Å². The molecule has 0 saturated heterocycles. The molecule has 5 rings (SSSR count). The van der Waals surface area contributed by atoms with Crippen molar-refractivity contribution in [3.05, 3.63) is 66.0 Å². The summed E-state index contributed by atoms with van der Waals surface area (Å²) in [5.74, 6) is -0.0895. The van der Waals surface area contributed by atoms with Crippen LogP contribution in [-0.2, 0) is 16.1 Å². The van der Waals surface area contributed by atoms with Gasteiger partial charge in [-0.25, -0.2) is 0 Å². The van der Waals surface area contributed by atoms with Crippen LogP contribution < -0.4 is 10.1 Å². The molecule has 0 bridgehead atoms. The Morgan fingerprint density at radius 3 is 2.43 bits per heavy atom. The predicted molar refractivity (Wildman–Crippen MR) is 139 cm³/mol. The van der Waals surface area contributed by atoms with Gasteiger partial charge in [-0.1, -0.05) is 38.1 Å². The molecule has 0 unspecified atom stereocenters. The van der Waals surface area contributed by atoms with Crippen molar-refractivity contribution in [3.8, 4) is 5.75 Å². The Morgan fingerprint density at radius 2 is 1.69 bits per heavy atom. The smallest absolute Gasteiger partial charge is 0.259 e. The molecule has 2 amide bonds. The van der Waals surface area contributed by atoms with Gasteiger partial charge < -0.3 is 19.2 Å². The first kappa shape index (κ1) is 22.9. The topological polar surface area (TPSA) is 79.4 Å². The zero-order valence-corrected chi connectivity index (χ0v) is 20.4. The van der Waals surface area contributed by atoms with Gasteiger partial charge in [-0.05, 0) is 44.3 Å². The van der Waals surface area contributed by atoms with Gasteiger partial charge in [0, 0.05) is 46.4 Å². The molecule has 0 radical (unpaired) electrons. The molecule has 0 fully saturated rings. The fourth-order valence-electron chi connectivity index (χ4n) is 5.12. The predicted octanol–water partition coefficient (Wildman–Crippen LogP) is 4.43. The SMILES string of the molecule is CCN(CC)CCCn1cc(C2=C(c3c[nH]c4ccccc34)C(=O)NC2=O)c2c(OC)cccc21. The van der Waals surface area contributed by atoms with Gasteiger partial charge in [0.2, 0.25) is 0 Å². The number of ether oxygens (including phenoxy) is 1. The van der Waals surface area contributed by atoms with E-state index in [1.807, 2.05) is 48.7 Å². The number of rotatable bonds is 9. The maximum atomic E-state index is 13.2. The number of hydrogen-bond acceptors (Lipinski definition) is 4. The standard InChI is InChI=1S/C28H30N4O3/c1-4-31(5-2)14-9-15-32-17-20(24-22(32)12-8-13-23(24)35-3)26-25(27(33)30-28(26)34)19-16-29-21-11-7-6-10-18(19)21/h6-8,10-13,16-17,29H,4-5,9,14-15H2,1-3H3,(H,30,33,34). The lowest BCUT2D eigenvalue weighted by Crippen LogP contribution is -2.24. The Balaban J connectivity index is 1.68. The maximum absolute atomic E-state index is 13.2. The van der Waals surface area contributed by atoms with E-state index in [2.05, 4.69) is 33.6 Å². The van der Waals surface area contributed by atoms with Crippen LogP contribution in [0, 0.1) is 0 Å². The summed E-state index contributed by atoms with van der Waals surface area (Å²) in [4.78, 5) is 31.9. The number of aromatic amines is 1. The van der Waals surface area contributed by atoms with Crippen LogP contribution in [0.1, 0.15) is 31.4 Å². The van der Waals surface area contributed by atoms with Crippen molar-refractivity contribution in [3.63, 3.8) is 0 Å². The number of aromatic nitrogens is 2. The van der Waals surface area contributed by atoms with Crippen molar-refractivity contribution in [1.29, 1.82) is 0 Å². The summed E-state index contributed by atoms with van der Waals surface area (Å²) in [6.07, 6.45) is 4.78. The Bertz CT molecular complexity index is 1460. The molecule has 2 aromatic heterocycles. The largest absolute Gasteiger partial charge is 0.496 e. The van der Waals surface area contributed by atoms with Crippen LogP contribution in [-0.4, -0.2) is 53.0 Å². The second-order valence-corrected chi connectivity index (χ2v) is 8.75. The highest BCUT2D eigenvalue weighted by atomic mass is 16.5. The molecule has 35 heavy (non-hydrogen) atoms. The van der Waals surface area contributed by atoms with E-state index < -0.39 is 0 Å². The van der Waals surface area contributed by atoms with Gasteiger partial charge in [0.05, 0.1) is 23.8 Å². The lowest BCUT2D eigenvalue weighted by atomic mass is 9.95. The number of hydrogen-bond donors (Lipinski definition) is 2. The number of benzene rings is 2. The van der Waals surface area contributed by atoms with Crippen molar-refractivity contribution in [2.75, 3.05) is 26.7 Å². The number of para-hydroxylation sites is 1. The average Bonchev–Trinajstić information content (AvgIpc) is 3.54. The van der Waals surface area contributed by atoms with Gasteiger partial charge >= 0.3 is 0 Å². The number of H-pyrrole nitrogens is 1. The monoisotopic (exact) mass is 470 g/mol. The number of fused-ring (bicyclic) bond motifs is 2. The van der Waals surface area contributed by atoms with Crippen molar-refractivity contribution >= 4 is 44.8 Å². The third kappa shape index (κ3) is 3.91. The van der Waals surface area contributed by atoms with Crippen LogP contribution in [0.2, 0.25) is 0 Å². The van der Waals surface area contributed by atoms with Gasteiger partial charge in [-0.3, -0.25) is 14.9 Å². The summed E-state index contributed by atoms with van der Waals surface area (Å²) in [6.45, 7) is 8.17. The number of imide groups is 1. The number of carbonyl (C=O) groups is 2. The third-order valence-corrected chi connectivity index (χ3v) is 6.91. The van der Waals surface area contributed by atoms with Gasteiger partial charge in [-0.2, -0.15) is 0 Å². The number of aryl methyl sites for hydroxylation is 1. The van der Waals surface area contributed by atoms with Crippen LogP contribution in [0.25, 0.3) is 33.0 Å². The number of methoxy groups -OCH3 is 1. The van der Waals surface area contributed by atoms with Crippen LogP contribution in [0.5, 0.6) is 5.75 Å². The highest BCUT2D eigenvalue weighted by Crippen LogP contribution is 2.41. The minimum Gasteiger partial charge on any atom is -0.496 e. The number of carbonyl (C=O) groups excluding carboxylic acids is 2. The first-order chi connectivity index (χ1) is 17.1. The second kappa shape index (κ2) is 9.43. The van der Waals surface area contributed by atoms with E-state index in [9.17, 15) is 9.59 Å². The Morgan fingerprint density at radius 1 is 0.943 bits per heavy atom. The van der Waals surface area contributed by atoms with E-state index in [1.165, 1.54) is 0 Å². The molecular weight excluding hydrogens is 440 g/mol. The Labute approximate surface area is 204 Å². The van der Waals surface area contributed by atoms with Crippen molar-refractivity contribution in [2.45, 2.75) is 26.8 Å². The maximum Gasteiger partial charge on any atom is 0.259 e. The summed E-state index contributed by atoms with van der Waals surface area (Å²) < 4.78 is 7.88. The van der Waals surface area contributed by atoms with E-state index in [0.29, 0.717) is 22.5 Å². The molecule has 0 atom stereocenters. The van der Waals surface area contributed by atoms with Crippen LogP contribution >= 0.6 is 0 Å². The van der Waals surface area contributed by atoms with E-state index in [1.54, 1.807) is 13.3 Å². The lowest BCUT2D eigenvalue weighted by Gasteiger charge is -2.18. The molecule has 4 aromatic rings. The number of nitrogens with one attached hydrogen (secondary N) is 2. The fraction of sp³-hybridized carbons (Fsp3) is 0.286. The normalized spacial score (nSPS) is 14.1. The molecule has 180 valence electrons. The molecule has 7 heteroatoms. The molecule has 3 heterocycles. The molecule has 0 aliphatic carbocycles. The first-order valence-corrected chi connectivity index (χ1v) is 12.1. The van der Waals surface area contributed by atoms with Gasteiger partial charge in [0.25, 0.3) is 11.8 Å². The molecule has 1 aliphatic rings. The van der Waals surface area contributed by atoms with E-state index in [-0.39, 0.29) is 11.8 Å². The zero-order chi connectivity index (χ0) is 24.5. The summed E-state index contributed by atoms with van der Waals surface area (Å²) in [7, 11) is 1.63. The molecule has 1 aliphatic heterocycles. The van der Waals surface area contributed by atoms with Crippen LogP contribution in [0.4, 0.5) is 0 Å². The average molecular weight is 471 g/mol. The van der Waals surface area contributed by atoms with E-state index >= 15 is 0 Å². The highest BCUT2D eigenvalue weighted by Gasteiger charge is 2.35. The lowest BCUT2D eigenvalue weighted by molar-refractivity contribution is -0.122. The van der Waals surface area contributed by atoms with Gasteiger partial charge in [-0.15, -0.1) is 0 Å². The molecular formula is C28H30N4O3. The Hall–Kier alpha value is -3.84. The van der Waals surface area contributed by atoms with E-state index in [4.69, 9.17) is 4.74 Å². The van der Waals surface area contributed by atoms with Crippen molar-refractivity contribution in [2.24, 2.45) is 0 Å². The zero-order valence-electron chi connectivity index (χ0n) is 20.4. The third-order valence-electron chi connectivity index (χ3n) is 6.91. The number of amides is 2. The van der Waals surface area contributed by atoms with Crippen molar-refractivity contribution in [1.82, 2.24) is 19.8 Å². The first-order valence-electron chi connectivity index (χ1n) is 12.1. The fourth-order valence-corrected chi connectivity index (χ4v) is 5.12. The number of nitrogens with zero attached hydrogens (tertiary/aromatic N) is 2. The summed E-state index contributed by atoms with van der Waals surface area (Å²) in [6, 6.07) is 13.7. The molecule has 2 aromatic carbocycles. The minimum absolute atomic E-state index is 0.382. The summed E-state index contributed by atoms with van der Waals surface area (Å²) in [5.41, 5.74) is 4.10. The quantitative estimate of drug-likeness (QED) is 0.355. The highest BCUT2D eigenvalue weighted by molar-refractivity contribution is 6.51.